The maximum Gasteiger partial charge on any atom is 0.269 e. The highest BCUT2D eigenvalue weighted by Crippen LogP contribution is 2.21. The van der Waals surface area contributed by atoms with Gasteiger partial charge >= 0.3 is 0 Å². The molecule has 0 spiro atoms. The van der Waals surface area contributed by atoms with Crippen LogP contribution in [0.3, 0.4) is 0 Å². The molecule has 20 heavy (non-hydrogen) atoms. The Labute approximate surface area is 121 Å². The van der Waals surface area contributed by atoms with Crippen LogP contribution >= 0.6 is 11.6 Å². The molecule has 5 heteroatoms. The molecule has 102 valence electrons. The van der Waals surface area contributed by atoms with Crippen molar-refractivity contribution < 1.29 is 9.72 Å². The summed E-state index contributed by atoms with van der Waals surface area (Å²) in [5.74, 6) is -0.106. The van der Waals surface area contributed by atoms with Gasteiger partial charge in [0.1, 0.15) is 0 Å². The van der Waals surface area contributed by atoms with E-state index in [1.165, 1.54) is 18.2 Å². The molecule has 0 bridgehead atoms. The zero-order valence-corrected chi connectivity index (χ0v) is 11.6. The second-order valence-corrected chi connectivity index (χ2v) is 4.85. The molecule has 4 nitrogen and oxygen atoms in total. The number of aryl methyl sites for hydroxylation is 1. The zero-order chi connectivity index (χ0) is 14.7. The van der Waals surface area contributed by atoms with E-state index in [0.717, 1.165) is 5.56 Å². The summed E-state index contributed by atoms with van der Waals surface area (Å²) >= 11 is 6.02. The van der Waals surface area contributed by atoms with Crippen molar-refractivity contribution in [1.29, 1.82) is 0 Å². The van der Waals surface area contributed by atoms with Crippen molar-refractivity contribution in [3.05, 3.63) is 74.3 Å². The molecular formula is C15H12ClNO3. The van der Waals surface area contributed by atoms with Gasteiger partial charge < -0.3 is 0 Å². The van der Waals surface area contributed by atoms with Crippen LogP contribution in [0.5, 0.6) is 0 Å². The minimum absolute atomic E-state index is 0.0169. The quantitative estimate of drug-likeness (QED) is 0.486. The number of hydrogen-bond donors (Lipinski definition) is 0. The fourth-order valence-electron chi connectivity index (χ4n) is 1.98. The summed E-state index contributed by atoms with van der Waals surface area (Å²) in [6, 6.07) is 11.4. The normalized spacial score (nSPS) is 10.3. The van der Waals surface area contributed by atoms with E-state index in [0.29, 0.717) is 16.1 Å². The summed E-state index contributed by atoms with van der Waals surface area (Å²) in [6.45, 7) is 1.69. The highest BCUT2D eigenvalue weighted by Gasteiger charge is 2.14. The van der Waals surface area contributed by atoms with Crippen LogP contribution in [0.4, 0.5) is 5.69 Å². The van der Waals surface area contributed by atoms with Crippen LogP contribution in [-0.4, -0.2) is 10.7 Å². The molecule has 0 atom stereocenters. The van der Waals surface area contributed by atoms with Crippen molar-refractivity contribution in [2.45, 2.75) is 13.3 Å². The number of hydrogen-bond acceptors (Lipinski definition) is 3. The van der Waals surface area contributed by atoms with Crippen molar-refractivity contribution in [3.8, 4) is 0 Å². The first-order chi connectivity index (χ1) is 9.49. The number of nitro groups is 1. The molecule has 0 saturated heterocycles. The van der Waals surface area contributed by atoms with Crippen LogP contribution in [0.25, 0.3) is 0 Å². The number of ketones is 1. The molecule has 2 rings (SSSR count). The highest BCUT2D eigenvalue weighted by atomic mass is 35.5. The molecule has 0 amide bonds. The summed E-state index contributed by atoms with van der Waals surface area (Å²) in [7, 11) is 0. The maximum atomic E-state index is 12.2. The lowest BCUT2D eigenvalue weighted by molar-refractivity contribution is -0.384. The largest absolute Gasteiger partial charge is 0.294 e. The van der Waals surface area contributed by atoms with Crippen LogP contribution in [0.15, 0.2) is 42.5 Å². The fourth-order valence-corrected chi connectivity index (χ4v) is 2.19. The van der Waals surface area contributed by atoms with Crippen LogP contribution < -0.4 is 0 Å². The van der Waals surface area contributed by atoms with E-state index in [1.54, 1.807) is 25.1 Å². The number of nitro benzene ring substituents is 1. The van der Waals surface area contributed by atoms with E-state index in [2.05, 4.69) is 0 Å². The number of rotatable bonds is 4. The number of carbonyl (C=O) groups is 1. The lowest BCUT2D eigenvalue weighted by atomic mass is 9.99. The number of benzene rings is 2. The lowest BCUT2D eigenvalue weighted by Crippen LogP contribution is -2.06. The van der Waals surface area contributed by atoms with E-state index < -0.39 is 4.92 Å². The number of non-ortho nitro benzene ring substituents is 1. The van der Waals surface area contributed by atoms with Gasteiger partial charge in [0.15, 0.2) is 5.78 Å². The Morgan fingerprint density at radius 1 is 1.25 bits per heavy atom. The molecule has 0 aliphatic rings. The summed E-state index contributed by atoms with van der Waals surface area (Å²) in [6.07, 6.45) is 0.179. The zero-order valence-electron chi connectivity index (χ0n) is 10.8. The number of nitrogens with zero attached hydrogens (tertiary/aromatic N) is 1. The Balaban J connectivity index is 2.26. The van der Waals surface area contributed by atoms with Crippen molar-refractivity contribution >= 4 is 23.1 Å². The van der Waals surface area contributed by atoms with Gasteiger partial charge in [-0.05, 0) is 30.2 Å². The summed E-state index contributed by atoms with van der Waals surface area (Å²) in [5.41, 5.74) is 1.81. The molecule has 0 saturated carbocycles. The Morgan fingerprint density at radius 3 is 2.55 bits per heavy atom. The van der Waals surface area contributed by atoms with E-state index in [1.807, 2.05) is 6.07 Å². The molecule has 0 aromatic heterocycles. The van der Waals surface area contributed by atoms with Crippen molar-refractivity contribution in [3.63, 3.8) is 0 Å². The minimum Gasteiger partial charge on any atom is -0.294 e. The first kappa shape index (κ1) is 14.2. The van der Waals surface area contributed by atoms with Crippen molar-refractivity contribution in [2.24, 2.45) is 0 Å². The summed E-state index contributed by atoms with van der Waals surface area (Å²) in [4.78, 5) is 22.4. The molecule has 2 aromatic carbocycles. The van der Waals surface area contributed by atoms with E-state index in [4.69, 9.17) is 11.6 Å². The van der Waals surface area contributed by atoms with Crippen LogP contribution in [0, 0.1) is 17.0 Å². The second-order valence-electron chi connectivity index (χ2n) is 4.45. The van der Waals surface area contributed by atoms with E-state index in [9.17, 15) is 14.9 Å². The summed E-state index contributed by atoms with van der Waals surface area (Å²) in [5, 5.41) is 11.2. The highest BCUT2D eigenvalue weighted by molar-refractivity contribution is 6.31. The average molecular weight is 290 g/mol. The van der Waals surface area contributed by atoms with Gasteiger partial charge in [0.05, 0.1) is 4.92 Å². The fraction of sp³-hybridized carbons (Fsp3) is 0.133. The average Bonchev–Trinajstić information content (AvgIpc) is 2.41. The smallest absolute Gasteiger partial charge is 0.269 e. The molecule has 2 aromatic rings. The number of Topliss-reactive ketones (excluding diaryl/α,β-unsaturated/α-hetero) is 1. The van der Waals surface area contributed by atoms with Gasteiger partial charge in [-0.25, -0.2) is 0 Å². The Bertz CT molecular complexity index is 683. The minimum atomic E-state index is -0.477. The predicted octanol–water partition coefficient (Wildman–Crippen LogP) is 3.98. The van der Waals surface area contributed by atoms with Crippen LogP contribution in [0.1, 0.15) is 21.5 Å². The van der Waals surface area contributed by atoms with Gasteiger partial charge in [0.2, 0.25) is 0 Å². The van der Waals surface area contributed by atoms with Crippen LogP contribution in [-0.2, 0) is 6.42 Å². The molecule has 0 aliphatic carbocycles. The van der Waals surface area contributed by atoms with Gasteiger partial charge in [-0.3, -0.25) is 14.9 Å². The monoisotopic (exact) mass is 289 g/mol. The third-order valence-electron chi connectivity index (χ3n) is 3.03. The Hall–Kier alpha value is -2.20. The SMILES string of the molecule is Cc1cc([N+](=O)[O-])ccc1C(=O)Cc1ccccc1Cl. The van der Waals surface area contributed by atoms with E-state index in [-0.39, 0.29) is 17.9 Å². The molecule has 0 N–H and O–H groups in total. The second kappa shape index (κ2) is 5.84. The number of halogens is 1. The summed E-state index contributed by atoms with van der Waals surface area (Å²) < 4.78 is 0. The van der Waals surface area contributed by atoms with E-state index >= 15 is 0 Å². The Morgan fingerprint density at radius 2 is 1.95 bits per heavy atom. The maximum absolute atomic E-state index is 12.2. The first-order valence-electron chi connectivity index (χ1n) is 6.00. The van der Waals surface area contributed by atoms with Gasteiger partial charge in [-0.15, -0.1) is 0 Å². The van der Waals surface area contributed by atoms with Crippen molar-refractivity contribution in [2.75, 3.05) is 0 Å². The van der Waals surface area contributed by atoms with Crippen molar-refractivity contribution in [1.82, 2.24) is 0 Å². The standard InChI is InChI=1S/C15H12ClNO3/c1-10-8-12(17(19)20)6-7-13(10)15(18)9-11-4-2-3-5-14(11)16/h2-8H,9H2,1H3. The van der Waals surface area contributed by atoms with Gasteiger partial charge in [-0.2, -0.15) is 0 Å². The molecule has 0 unspecified atom stereocenters. The molecule has 0 radical (unpaired) electrons. The lowest BCUT2D eigenvalue weighted by Gasteiger charge is -2.06. The van der Waals surface area contributed by atoms with Gasteiger partial charge in [0.25, 0.3) is 5.69 Å². The molecular weight excluding hydrogens is 278 g/mol. The molecule has 0 fully saturated rings. The third-order valence-corrected chi connectivity index (χ3v) is 3.40. The molecule has 0 aliphatic heterocycles. The van der Waals surface area contributed by atoms with Gasteiger partial charge in [-0.1, -0.05) is 29.8 Å². The first-order valence-corrected chi connectivity index (χ1v) is 6.38. The van der Waals surface area contributed by atoms with Crippen LogP contribution in [0.2, 0.25) is 5.02 Å². The van der Waals surface area contributed by atoms with Gasteiger partial charge in [0, 0.05) is 29.1 Å². The Kier molecular flexibility index (Phi) is 4.15. The third kappa shape index (κ3) is 3.03. The molecule has 0 heterocycles. The predicted molar refractivity (Wildman–Crippen MR) is 77.3 cm³/mol. The number of carbonyl (C=O) groups excluding carboxylic acids is 1. The topological polar surface area (TPSA) is 60.2 Å².